The van der Waals surface area contributed by atoms with Crippen LogP contribution < -0.4 is 14.8 Å². The van der Waals surface area contributed by atoms with Gasteiger partial charge in [-0.1, -0.05) is 6.07 Å². The number of ether oxygens (including phenoxy) is 2. The predicted molar refractivity (Wildman–Crippen MR) is 72.6 cm³/mol. The Hall–Kier alpha value is -1.82. The van der Waals surface area contributed by atoms with Gasteiger partial charge in [-0.05, 0) is 19.1 Å². The lowest BCUT2D eigenvalue weighted by atomic mass is 10.1. The number of nitrogens with one attached hydrogen (secondary N) is 1. The maximum atomic E-state index is 5.41. The zero-order chi connectivity index (χ0) is 13.0. The molecule has 1 heterocycles. The third kappa shape index (κ3) is 2.24. The van der Waals surface area contributed by atoms with Crippen molar-refractivity contribution in [1.29, 1.82) is 0 Å². The van der Waals surface area contributed by atoms with Crippen LogP contribution in [0.2, 0.25) is 0 Å². The molecule has 0 radical (unpaired) electrons. The summed E-state index contributed by atoms with van der Waals surface area (Å²) < 4.78 is 19.3. The first-order valence-corrected chi connectivity index (χ1v) is 6.32. The largest absolute Gasteiger partial charge is 0.493 e. The first-order valence-electron chi connectivity index (χ1n) is 5.59. The van der Waals surface area contributed by atoms with Gasteiger partial charge in [-0.15, -0.1) is 0 Å². The van der Waals surface area contributed by atoms with Crippen molar-refractivity contribution in [3.63, 3.8) is 0 Å². The SMILES string of the molecule is CCNc1nsnc1-c1cccc(OC)c1OC. The maximum Gasteiger partial charge on any atom is 0.170 e. The van der Waals surface area contributed by atoms with E-state index in [0.717, 1.165) is 23.6 Å². The number of aromatic nitrogens is 2. The van der Waals surface area contributed by atoms with E-state index >= 15 is 0 Å². The highest BCUT2D eigenvalue weighted by Gasteiger charge is 2.17. The van der Waals surface area contributed by atoms with Crippen molar-refractivity contribution in [2.75, 3.05) is 26.1 Å². The van der Waals surface area contributed by atoms with Gasteiger partial charge >= 0.3 is 0 Å². The lowest BCUT2D eigenvalue weighted by Gasteiger charge is -2.11. The molecule has 0 aliphatic carbocycles. The summed E-state index contributed by atoms with van der Waals surface area (Å²) in [4.78, 5) is 0. The quantitative estimate of drug-likeness (QED) is 0.900. The molecule has 96 valence electrons. The van der Waals surface area contributed by atoms with E-state index < -0.39 is 0 Å². The minimum Gasteiger partial charge on any atom is -0.493 e. The molecular formula is C12H15N3O2S. The van der Waals surface area contributed by atoms with Crippen LogP contribution in [0.4, 0.5) is 5.82 Å². The number of nitrogens with zero attached hydrogens (tertiary/aromatic N) is 2. The molecule has 1 aromatic heterocycles. The van der Waals surface area contributed by atoms with Gasteiger partial charge in [-0.25, -0.2) is 0 Å². The van der Waals surface area contributed by atoms with Crippen molar-refractivity contribution in [2.45, 2.75) is 6.92 Å². The minimum absolute atomic E-state index is 0.673. The van der Waals surface area contributed by atoms with Crippen LogP contribution in [0.25, 0.3) is 11.3 Å². The molecule has 1 aromatic carbocycles. The maximum absolute atomic E-state index is 5.41. The van der Waals surface area contributed by atoms with Gasteiger partial charge in [0.25, 0.3) is 0 Å². The van der Waals surface area contributed by atoms with E-state index in [1.807, 2.05) is 25.1 Å². The second-order valence-corrected chi connectivity index (χ2v) is 4.06. The predicted octanol–water partition coefficient (Wildman–Crippen LogP) is 2.65. The fourth-order valence-corrected chi connectivity index (χ4v) is 2.26. The Morgan fingerprint density at radius 3 is 2.72 bits per heavy atom. The van der Waals surface area contributed by atoms with Crippen molar-refractivity contribution in [3.8, 4) is 22.8 Å². The topological polar surface area (TPSA) is 56.3 Å². The molecule has 0 saturated carbocycles. The minimum atomic E-state index is 0.673. The van der Waals surface area contributed by atoms with Crippen LogP contribution in [0.3, 0.4) is 0 Å². The molecule has 0 unspecified atom stereocenters. The van der Waals surface area contributed by atoms with Crippen LogP contribution in [0.15, 0.2) is 18.2 Å². The Labute approximate surface area is 110 Å². The molecule has 2 rings (SSSR count). The van der Waals surface area contributed by atoms with Crippen LogP contribution in [0.1, 0.15) is 6.92 Å². The number of hydrogen-bond acceptors (Lipinski definition) is 6. The van der Waals surface area contributed by atoms with Crippen LogP contribution in [-0.4, -0.2) is 29.5 Å². The summed E-state index contributed by atoms with van der Waals surface area (Å²) in [5.74, 6) is 2.13. The molecule has 0 bridgehead atoms. The molecule has 5 nitrogen and oxygen atoms in total. The molecule has 6 heteroatoms. The lowest BCUT2D eigenvalue weighted by molar-refractivity contribution is 0.356. The van der Waals surface area contributed by atoms with Gasteiger partial charge in [0.1, 0.15) is 5.69 Å². The summed E-state index contributed by atoms with van der Waals surface area (Å²) in [7, 11) is 3.24. The van der Waals surface area contributed by atoms with E-state index in [4.69, 9.17) is 9.47 Å². The summed E-state index contributed by atoms with van der Waals surface area (Å²) in [6, 6.07) is 5.71. The van der Waals surface area contributed by atoms with E-state index in [-0.39, 0.29) is 0 Å². The molecule has 0 fully saturated rings. The molecule has 0 amide bonds. The number of hydrogen-bond donors (Lipinski definition) is 1. The van der Waals surface area contributed by atoms with E-state index in [0.29, 0.717) is 11.5 Å². The number of anilines is 1. The smallest absolute Gasteiger partial charge is 0.170 e. The van der Waals surface area contributed by atoms with Gasteiger partial charge in [0.05, 0.1) is 31.5 Å². The van der Waals surface area contributed by atoms with Crippen molar-refractivity contribution in [3.05, 3.63) is 18.2 Å². The van der Waals surface area contributed by atoms with Gasteiger partial charge in [0.2, 0.25) is 0 Å². The van der Waals surface area contributed by atoms with E-state index in [1.54, 1.807) is 14.2 Å². The van der Waals surface area contributed by atoms with Crippen LogP contribution >= 0.6 is 11.7 Å². The second-order valence-electron chi connectivity index (χ2n) is 3.53. The Bertz CT molecular complexity index is 528. The van der Waals surface area contributed by atoms with Gasteiger partial charge in [0, 0.05) is 6.54 Å². The second kappa shape index (κ2) is 5.68. The fraction of sp³-hybridized carbons (Fsp3) is 0.333. The highest BCUT2D eigenvalue weighted by atomic mass is 32.1. The van der Waals surface area contributed by atoms with Gasteiger partial charge in [-0.3, -0.25) is 0 Å². The zero-order valence-corrected chi connectivity index (χ0v) is 11.4. The summed E-state index contributed by atoms with van der Waals surface area (Å²) in [5, 5.41) is 3.18. The highest BCUT2D eigenvalue weighted by Crippen LogP contribution is 2.39. The van der Waals surface area contributed by atoms with Crippen molar-refractivity contribution >= 4 is 17.5 Å². The average molecular weight is 265 g/mol. The summed E-state index contributed by atoms with van der Waals surface area (Å²) in [5.41, 5.74) is 1.67. The molecule has 2 aromatic rings. The van der Waals surface area contributed by atoms with Crippen LogP contribution in [0, 0.1) is 0 Å². The standard InChI is InChI=1S/C12H15N3O2S/c1-4-13-12-10(14-18-15-12)8-6-5-7-9(16-2)11(8)17-3/h5-7H,4H2,1-3H3,(H,13,15). The highest BCUT2D eigenvalue weighted by molar-refractivity contribution is 6.99. The molecular weight excluding hydrogens is 250 g/mol. The molecule has 0 atom stereocenters. The lowest BCUT2D eigenvalue weighted by Crippen LogP contribution is -1.99. The van der Waals surface area contributed by atoms with E-state index in [2.05, 4.69) is 14.1 Å². The average Bonchev–Trinajstić information content (AvgIpc) is 2.86. The number of benzene rings is 1. The van der Waals surface area contributed by atoms with E-state index in [1.165, 1.54) is 11.7 Å². The van der Waals surface area contributed by atoms with Gasteiger partial charge in [0.15, 0.2) is 17.3 Å². The molecule has 1 N–H and O–H groups in total. The molecule has 0 aliphatic heterocycles. The first-order chi connectivity index (χ1) is 8.81. The fourth-order valence-electron chi connectivity index (χ4n) is 1.72. The Morgan fingerprint density at radius 1 is 1.22 bits per heavy atom. The molecule has 0 spiro atoms. The first kappa shape index (κ1) is 12.6. The number of methoxy groups -OCH3 is 2. The number of para-hydroxylation sites is 1. The molecule has 0 aliphatic rings. The Morgan fingerprint density at radius 2 is 2.06 bits per heavy atom. The van der Waals surface area contributed by atoms with Crippen LogP contribution in [-0.2, 0) is 0 Å². The van der Waals surface area contributed by atoms with Gasteiger partial charge in [-0.2, -0.15) is 8.75 Å². The van der Waals surface area contributed by atoms with Crippen molar-refractivity contribution < 1.29 is 9.47 Å². The molecule has 0 saturated heterocycles. The van der Waals surface area contributed by atoms with Crippen molar-refractivity contribution in [1.82, 2.24) is 8.75 Å². The Balaban J connectivity index is 2.52. The summed E-state index contributed by atoms with van der Waals surface area (Å²) in [6.07, 6.45) is 0. The van der Waals surface area contributed by atoms with E-state index in [9.17, 15) is 0 Å². The normalized spacial score (nSPS) is 10.2. The molecule has 18 heavy (non-hydrogen) atoms. The third-order valence-electron chi connectivity index (χ3n) is 2.49. The zero-order valence-electron chi connectivity index (χ0n) is 10.6. The van der Waals surface area contributed by atoms with Crippen LogP contribution in [0.5, 0.6) is 11.5 Å². The summed E-state index contributed by atoms with van der Waals surface area (Å²) >= 11 is 1.17. The monoisotopic (exact) mass is 265 g/mol. The van der Waals surface area contributed by atoms with Gasteiger partial charge < -0.3 is 14.8 Å². The third-order valence-corrected chi connectivity index (χ3v) is 3.02. The van der Waals surface area contributed by atoms with Crippen molar-refractivity contribution in [2.24, 2.45) is 0 Å². The summed E-state index contributed by atoms with van der Waals surface area (Å²) in [6.45, 7) is 2.82. The number of rotatable bonds is 5. The Kier molecular flexibility index (Phi) is 3.99.